The van der Waals surface area contributed by atoms with Gasteiger partial charge in [-0.3, -0.25) is 19.3 Å². The van der Waals surface area contributed by atoms with Gasteiger partial charge in [-0.15, -0.1) is 0 Å². The highest BCUT2D eigenvalue weighted by Crippen LogP contribution is 2.19. The molecule has 0 aliphatic carbocycles. The summed E-state index contributed by atoms with van der Waals surface area (Å²) in [5, 5.41) is -0.103. The molecule has 0 radical (unpaired) electrons. The molecular weight excluding hydrogens is 250 g/mol. The number of carbonyl (C=O) groups excluding carboxylic acids is 3. The molecule has 1 aliphatic rings. The lowest BCUT2D eigenvalue weighted by Gasteiger charge is -2.11. The highest BCUT2D eigenvalue weighted by Gasteiger charge is 2.28. The molecule has 0 aromatic heterocycles. The van der Waals surface area contributed by atoms with Crippen molar-refractivity contribution in [2.45, 2.75) is 51.9 Å². The van der Waals surface area contributed by atoms with Gasteiger partial charge in [0, 0.05) is 19.4 Å². The van der Waals surface area contributed by atoms with Crippen LogP contribution in [0.2, 0.25) is 0 Å². The zero-order valence-electron chi connectivity index (χ0n) is 10.9. The number of rotatable bonds is 9. The summed E-state index contributed by atoms with van der Waals surface area (Å²) < 4.78 is 0. The lowest BCUT2D eigenvalue weighted by Crippen LogP contribution is -2.29. The first kappa shape index (κ1) is 15.2. The number of carbonyl (C=O) groups is 3. The van der Waals surface area contributed by atoms with Crippen LogP contribution < -0.4 is 0 Å². The second kappa shape index (κ2) is 8.29. The van der Waals surface area contributed by atoms with E-state index >= 15 is 0 Å². The Balaban J connectivity index is 1.97. The predicted molar refractivity (Wildman–Crippen MR) is 72.6 cm³/mol. The molecule has 1 saturated heterocycles. The van der Waals surface area contributed by atoms with Gasteiger partial charge < -0.3 is 0 Å². The van der Waals surface area contributed by atoms with E-state index in [1.165, 1.54) is 4.90 Å². The standard InChI is InChI=1S/C13H21NO3S/c1-2-11(15)8-6-4-3-5-7-9-14-12(16)10-18-13(14)17/h2-10H2,1H3. The first-order chi connectivity index (χ1) is 8.65. The predicted octanol–water partition coefficient (Wildman–Crippen LogP) is 3.00. The Hall–Kier alpha value is -0.840. The van der Waals surface area contributed by atoms with Crippen LogP contribution in [0.3, 0.4) is 0 Å². The van der Waals surface area contributed by atoms with Gasteiger partial charge in [-0.1, -0.05) is 37.9 Å². The average Bonchev–Trinajstić information content (AvgIpc) is 2.68. The van der Waals surface area contributed by atoms with E-state index < -0.39 is 0 Å². The van der Waals surface area contributed by atoms with Crippen molar-refractivity contribution < 1.29 is 14.4 Å². The fourth-order valence-corrected chi connectivity index (χ4v) is 2.65. The van der Waals surface area contributed by atoms with Gasteiger partial charge in [0.05, 0.1) is 5.75 Å². The summed E-state index contributed by atoms with van der Waals surface area (Å²) in [5.41, 5.74) is 0. The normalized spacial score (nSPS) is 15.5. The molecule has 0 bridgehead atoms. The minimum absolute atomic E-state index is 0.0569. The Morgan fingerprint density at radius 1 is 1.17 bits per heavy atom. The fraction of sp³-hybridized carbons (Fsp3) is 0.769. The zero-order chi connectivity index (χ0) is 13.4. The lowest BCUT2D eigenvalue weighted by atomic mass is 10.1. The van der Waals surface area contributed by atoms with Gasteiger partial charge in [0.1, 0.15) is 5.78 Å². The summed E-state index contributed by atoms with van der Waals surface area (Å²) in [7, 11) is 0. The summed E-state index contributed by atoms with van der Waals surface area (Å²) >= 11 is 1.09. The molecule has 0 aromatic rings. The van der Waals surface area contributed by atoms with Crippen LogP contribution in [0.1, 0.15) is 51.9 Å². The second-order valence-corrected chi connectivity index (χ2v) is 5.44. The molecule has 0 saturated carbocycles. The molecule has 0 N–H and O–H groups in total. The number of Topliss-reactive ketones (excluding diaryl/α,β-unsaturated/α-hetero) is 1. The lowest BCUT2D eigenvalue weighted by molar-refractivity contribution is -0.124. The van der Waals surface area contributed by atoms with Crippen molar-refractivity contribution in [3.63, 3.8) is 0 Å². The van der Waals surface area contributed by atoms with Crippen LogP contribution in [0, 0.1) is 0 Å². The summed E-state index contributed by atoms with van der Waals surface area (Å²) in [6, 6.07) is 0. The summed E-state index contributed by atoms with van der Waals surface area (Å²) in [6.45, 7) is 2.45. The van der Waals surface area contributed by atoms with Crippen molar-refractivity contribution in [1.29, 1.82) is 0 Å². The Labute approximate surface area is 112 Å². The molecular formula is C13H21NO3S. The first-order valence-corrected chi connectivity index (χ1v) is 7.62. The molecule has 5 heteroatoms. The quantitative estimate of drug-likeness (QED) is 0.605. The van der Waals surface area contributed by atoms with E-state index in [0.29, 0.717) is 30.9 Å². The van der Waals surface area contributed by atoms with E-state index in [1.54, 1.807) is 0 Å². The van der Waals surface area contributed by atoms with Crippen LogP contribution in [0.5, 0.6) is 0 Å². The van der Waals surface area contributed by atoms with E-state index in [9.17, 15) is 14.4 Å². The molecule has 1 fully saturated rings. The summed E-state index contributed by atoms with van der Waals surface area (Å²) in [6.07, 6.45) is 6.31. The third-order valence-corrected chi connectivity index (χ3v) is 3.93. The molecule has 1 rings (SSSR count). The van der Waals surface area contributed by atoms with E-state index in [1.807, 2.05) is 6.92 Å². The molecule has 2 amide bonds. The van der Waals surface area contributed by atoms with Crippen molar-refractivity contribution in [1.82, 2.24) is 4.90 Å². The SMILES string of the molecule is CCC(=O)CCCCCCCN1C(=O)CSC1=O. The van der Waals surface area contributed by atoms with Gasteiger partial charge in [0.15, 0.2) is 0 Å². The Kier molecular flexibility index (Phi) is 7.01. The molecule has 0 aromatic carbocycles. The highest BCUT2D eigenvalue weighted by molar-refractivity contribution is 8.14. The molecule has 4 nitrogen and oxygen atoms in total. The van der Waals surface area contributed by atoms with Crippen molar-refractivity contribution in [3.8, 4) is 0 Å². The van der Waals surface area contributed by atoms with Gasteiger partial charge >= 0.3 is 0 Å². The largest absolute Gasteiger partial charge is 0.300 e. The van der Waals surface area contributed by atoms with Crippen molar-refractivity contribution in [2.24, 2.45) is 0 Å². The number of hydrogen-bond acceptors (Lipinski definition) is 4. The number of nitrogens with zero attached hydrogens (tertiary/aromatic N) is 1. The third-order valence-electron chi connectivity index (χ3n) is 3.07. The van der Waals surface area contributed by atoms with Gasteiger partial charge in [-0.25, -0.2) is 0 Å². The Bertz CT molecular complexity index is 301. The van der Waals surface area contributed by atoms with Crippen LogP contribution in [-0.2, 0) is 9.59 Å². The van der Waals surface area contributed by atoms with E-state index in [4.69, 9.17) is 0 Å². The number of ketones is 1. The molecule has 1 aliphatic heterocycles. The minimum atomic E-state index is -0.103. The van der Waals surface area contributed by atoms with Crippen LogP contribution in [0.4, 0.5) is 4.79 Å². The van der Waals surface area contributed by atoms with E-state index in [2.05, 4.69) is 0 Å². The van der Waals surface area contributed by atoms with Crippen LogP contribution >= 0.6 is 11.8 Å². The smallest absolute Gasteiger partial charge is 0.288 e. The third kappa shape index (κ3) is 5.21. The maximum Gasteiger partial charge on any atom is 0.288 e. The summed E-state index contributed by atoms with van der Waals surface area (Å²) in [4.78, 5) is 35.0. The van der Waals surface area contributed by atoms with Gasteiger partial charge in [0.25, 0.3) is 5.24 Å². The monoisotopic (exact) mass is 271 g/mol. The fourth-order valence-electron chi connectivity index (χ4n) is 1.90. The minimum Gasteiger partial charge on any atom is -0.300 e. The molecule has 0 unspecified atom stereocenters. The second-order valence-electron chi connectivity index (χ2n) is 4.51. The maximum atomic E-state index is 11.3. The molecule has 102 valence electrons. The Morgan fingerprint density at radius 2 is 1.83 bits per heavy atom. The molecule has 0 atom stereocenters. The number of unbranched alkanes of at least 4 members (excludes halogenated alkanes) is 4. The van der Waals surface area contributed by atoms with Crippen molar-refractivity contribution in [3.05, 3.63) is 0 Å². The first-order valence-electron chi connectivity index (χ1n) is 6.64. The van der Waals surface area contributed by atoms with Crippen molar-refractivity contribution >= 4 is 28.7 Å². The van der Waals surface area contributed by atoms with Gasteiger partial charge in [0.2, 0.25) is 5.91 Å². The van der Waals surface area contributed by atoms with Gasteiger partial charge in [-0.05, 0) is 12.8 Å². The Morgan fingerprint density at radius 3 is 2.44 bits per heavy atom. The zero-order valence-corrected chi connectivity index (χ0v) is 11.8. The highest BCUT2D eigenvalue weighted by atomic mass is 32.2. The van der Waals surface area contributed by atoms with Gasteiger partial charge in [-0.2, -0.15) is 0 Å². The summed E-state index contributed by atoms with van der Waals surface area (Å²) in [5.74, 6) is 0.580. The van der Waals surface area contributed by atoms with E-state index in [0.717, 1.165) is 43.9 Å². The maximum absolute atomic E-state index is 11.3. The molecule has 1 heterocycles. The number of imide groups is 1. The van der Waals surface area contributed by atoms with Crippen molar-refractivity contribution in [2.75, 3.05) is 12.3 Å². The van der Waals surface area contributed by atoms with Crippen LogP contribution in [-0.4, -0.2) is 34.1 Å². The topological polar surface area (TPSA) is 54.5 Å². The number of amides is 2. The average molecular weight is 271 g/mol. The number of hydrogen-bond donors (Lipinski definition) is 0. The molecule has 0 spiro atoms. The van der Waals surface area contributed by atoms with Crippen LogP contribution in [0.25, 0.3) is 0 Å². The molecule has 18 heavy (non-hydrogen) atoms. The number of thioether (sulfide) groups is 1. The van der Waals surface area contributed by atoms with E-state index in [-0.39, 0.29) is 11.1 Å². The van der Waals surface area contributed by atoms with Crippen LogP contribution in [0.15, 0.2) is 0 Å².